The lowest BCUT2D eigenvalue weighted by Crippen LogP contribution is -2.32. The molecule has 0 aromatic carbocycles. The van der Waals surface area contributed by atoms with Crippen LogP contribution in [0.25, 0.3) is 10.9 Å². The second-order valence-corrected chi connectivity index (χ2v) is 4.68. The Labute approximate surface area is 111 Å². The minimum atomic E-state index is 0.351. The molecule has 1 saturated heterocycles. The second kappa shape index (κ2) is 5.98. The van der Waals surface area contributed by atoms with E-state index in [4.69, 9.17) is 11.6 Å². The average molecular weight is 266 g/mol. The number of carbonyl (C=O) groups is 1. The van der Waals surface area contributed by atoms with E-state index in [1.54, 1.807) is 6.20 Å². The third kappa shape index (κ3) is 2.89. The first kappa shape index (κ1) is 13.1. The van der Waals surface area contributed by atoms with Crippen LogP contribution in [0.5, 0.6) is 0 Å². The zero-order valence-corrected chi connectivity index (χ0v) is 11.1. The molecular formula is C13H16ClN3O. The first-order valence-corrected chi connectivity index (χ1v) is 6.31. The number of aromatic nitrogens is 2. The third-order valence-corrected chi connectivity index (χ3v) is 3.30. The molecule has 0 unspecified atom stereocenters. The number of aldehydes is 1. The SMILES string of the molecule is CN1CCC1.O=CCn1ccc2c(Cl)nccc21. The molecular weight excluding hydrogens is 250 g/mol. The van der Waals surface area contributed by atoms with Crippen molar-refractivity contribution in [2.75, 3.05) is 20.1 Å². The summed E-state index contributed by atoms with van der Waals surface area (Å²) in [5.74, 6) is 0. The van der Waals surface area contributed by atoms with E-state index in [2.05, 4.69) is 16.9 Å². The number of fused-ring (bicyclic) bond motifs is 1. The van der Waals surface area contributed by atoms with Crippen molar-refractivity contribution in [3.63, 3.8) is 0 Å². The van der Waals surface area contributed by atoms with Gasteiger partial charge >= 0.3 is 0 Å². The highest BCUT2D eigenvalue weighted by Gasteiger charge is 2.05. The summed E-state index contributed by atoms with van der Waals surface area (Å²) < 4.78 is 1.83. The minimum Gasteiger partial charge on any atom is -0.340 e. The van der Waals surface area contributed by atoms with Crippen molar-refractivity contribution in [3.05, 3.63) is 29.7 Å². The molecule has 2 aromatic rings. The molecule has 0 atom stereocenters. The maximum Gasteiger partial charge on any atom is 0.139 e. The van der Waals surface area contributed by atoms with Crippen LogP contribution in [0.3, 0.4) is 0 Å². The van der Waals surface area contributed by atoms with Crippen molar-refractivity contribution in [1.82, 2.24) is 14.5 Å². The number of pyridine rings is 1. The van der Waals surface area contributed by atoms with Crippen LogP contribution >= 0.6 is 11.6 Å². The largest absolute Gasteiger partial charge is 0.340 e. The molecule has 1 fully saturated rings. The van der Waals surface area contributed by atoms with Gasteiger partial charge in [0.1, 0.15) is 11.4 Å². The van der Waals surface area contributed by atoms with Gasteiger partial charge < -0.3 is 14.3 Å². The Morgan fingerprint density at radius 2 is 2.17 bits per heavy atom. The summed E-state index contributed by atoms with van der Waals surface area (Å²) in [5, 5.41) is 1.35. The Balaban J connectivity index is 0.000000202. The van der Waals surface area contributed by atoms with Crippen LogP contribution in [-0.2, 0) is 11.3 Å². The minimum absolute atomic E-state index is 0.351. The molecule has 0 amide bonds. The lowest BCUT2D eigenvalue weighted by Gasteiger charge is -2.24. The second-order valence-electron chi connectivity index (χ2n) is 4.33. The summed E-state index contributed by atoms with van der Waals surface area (Å²) in [6.07, 6.45) is 5.73. The Bertz CT molecular complexity index is 534. The van der Waals surface area contributed by atoms with E-state index in [-0.39, 0.29) is 0 Å². The maximum absolute atomic E-state index is 10.3. The lowest BCUT2D eigenvalue weighted by atomic mass is 10.3. The molecule has 1 aliphatic heterocycles. The van der Waals surface area contributed by atoms with Gasteiger partial charge in [0, 0.05) is 17.8 Å². The van der Waals surface area contributed by atoms with Crippen LogP contribution in [0, 0.1) is 0 Å². The highest BCUT2D eigenvalue weighted by atomic mass is 35.5. The molecule has 1 aliphatic rings. The standard InChI is InChI=1S/C9H7ClN2O.C4H9N/c10-9-7-2-4-12(5-6-13)8(7)1-3-11-9;1-5-3-2-4-5/h1-4,6H,5H2;2-4H2,1H3. The number of hydrogen-bond donors (Lipinski definition) is 0. The molecule has 96 valence electrons. The van der Waals surface area contributed by atoms with E-state index >= 15 is 0 Å². The molecule has 0 aliphatic carbocycles. The molecule has 0 spiro atoms. The van der Waals surface area contributed by atoms with Gasteiger partial charge in [0.25, 0.3) is 0 Å². The van der Waals surface area contributed by atoms with Crippen LogP contribution in [-0.4, -0.2) is 40.9 Å². The fourth-order valence-electron chi connectivity index (χ4n) is 1.80. The Hall–Kier alpha value is -1.39. The quantitative estimate of drug-likeness (QED) is 0.617. The van der Waals surface area contributed by atoms with Crippen molar-refractivity contribution >= 4 is 28.8 Å². The van der Waals surface area contributed by atoms with E-state index in [1.165, 1.54) is 19.5 Å². The Morgan fingerprint density at radius 3 is 2.72 bits per heavy atom. The highest BCUT2D eigenvalue weighted by molar-refractivity contribution is 6.34. The number of hydrogen-bond acceptors (Lipinski definition) is 3. The summed E-state index contributed by atoms with van der Waals surface area (Å²) in [5.41, 5.74) is 0.937. The molecule has 3 rings (SSSR count). The molecule has 2 aromatic heterocycles. The van der Waals surface area contributed by atoms with Crippen molar-refractivity contribution in [2.45, 2.75) is 13.0 Å². The van der Waals surface area contributed by atoms with Gasteiger partial charge in [-0.3, -0.25) is 0 Å². The maximum atomic E-state index is 10.3. The fraction of sp³-hybridized carbons (Fsp3) is 0.385. The van der Waals surface area contributed by atoms with Gasteiger partial charge in [0.15, 0.2) is 0 Å². The predicted molar refractivity (Wildman–Crippen MR) is 72.9 cm³/mol. The van der Waals surface area contributed by atoms with Crippen LogP contribution in [0.4, 0.5) is 0 Å². The fourth-order valence-corrected chi connectivity index (χ4v) is 2.02. The first-order valence-electron chi connectivity index (χ1n) is 5.94. The lowest BCUT2D eigenvalue weighted by molar-refractivity contribution is -0.108. The van der Waals surface area contributed by atoms with Gasteiger partial charge in [0.05, 0.1) is 12.1 Å². The van der Waals surface area contributed by atoms with Crippen molar-refractivity contribution < 1.29 is 4.79 Å². The van der Waals surface area contributed by atoms with E-state index in [1.807, 2.05) is 22.9 Å². The number of likely N-dealkylation sites (tertiary alicyclic amines) is 1. The van der Waals surface area contributed by atoms with Crippen LogP contribution < -0.4 is 0 Å². The van der Waals surface area contributed by atoms with Crippen molar-refractivity contribution in [1.29, 1.82) is 0 Å². The molecule has 4 nitrogen and oxygen atoms in total. The van der Waals surface area contributed by atoms with Gasteiger partial charge in [-0.1, -0.05) is 11.6 Å². The molecule has 3 heterocycles. The van der Waals surface area contributed by atoms with Crippen molar-refractivity contribution in [2.24, 2.45) is 0 Å². The summed E-state index contributed by atoms with van der Waals surface area (Å²) in [7, 11) is 2.14. The molecule has 0 N–H and O–H groups in total. The predicted octanol–water partition coefficient (Wildman–Crippen LogP) is 2.21. The van der Waals surface area contributed by atoms with Gasteiger partial charge in [-0.05, 0) is 38.7 Å². The Kier molecular flexibility index (Phi) is 4.33. The van der Waals surface area contributed by atoms with E-state index < -0.39 is 0 Å². The molecule has 0 radical (unpaired) electrons. The summed E-state index contributed by atoms with van der Waals surface area (Å²) >= 11 is 5.86. The molecule has 18 heavy (non-hydrogen) atoms. The topological polar surface area (TPSA) is 38.1 Å². The molecule has 5 heteroatoms. The summed E-state index contributed by atoms with van der Waals surface area (Å²) in [6, 6.07) is 3.69. The van der Waals surface area contributed by atoms with E-state index in [0.717, 1.165) is 17.2 Å². The smallest absolute Gasteiger partial charge is 0.139 e. The third-order valence-electron chi connectivity index (χ3n) is 3.00. The summed E-state index contributed by atoms with van der Waals surface area (Å²) in [6.45, 7) is 2.99. The van der Waals surface area contributed by atoms with Gasteiger partial charge in [-0.2, -0.15) is 0 Å². The normalized spacial score (nSPS) is 14.8. The summed E-state index contributed by atoms with van der Waals surface area (Å²) in [4.78, 5) is 16.6. The van der Waals surface area contributed by atoms with Gasteiger partial charge in [-0.25, -0.2) is 4.98 Å². The van der Waals surface area contributed by atoms with Crippen LogP contribution in [0.15, 0.2) is 24.5 Å². The Morgan fingerprint density at radius 1 is 1.44 bits per heavy atom. The highest BCUT2D eigenvalue weighted by Crippen LogP contribution is 2.21. The van der Waals surface area contributed by atoms with Crippen molar-refractivity contribution in [3.8, 4) is 0 Å². The van der Waals surface area contributed by atoms with Crippen LogP contribution in [0.1, 0.15) is 6.42 Å². The number of nitrogens with zero attached hydrogens (tertiary/aromatic N) is 3. The molecule has 0 saturated carbocycles. The first-order chi connectivity index (χ1) is 8.72. The molecule has 0 bridgehead atoms. The monoisotopic (exact) mass is 265 g/mol. The van der Waals surface area contributed by atoms with E-state index in [0.29, 0.717) is 11.7 Å². The van der Waals surface area contributed by atoms with Gasteiger partial charge in [-0.15, -0.1) is 0 Å². The van der Waals surface area contributed by atoms with Crippen LogP contribution in [0.2, 0.25) is 5.15 Å². The van der Waals surface area contributed by atoms with Gasteiger partial charge in [0.2, 0.25) is 0 Å². The zero-order chi connectivity index (χ0) is 13.0. The van der Waals surface area contributed by atoms with E-state index in [9.17, 15) is 4.79 Å². The number of rotatable bonds is 2. The number of halogens is 1. The average Bonchev–Trinajstić information content (AvgIpc) is 2.73. The number of carbonyl (C=O) groups excluding carboxylic acids is 1. The zero-order valence-electron chi connectivity index (χ0n) is 10.3.